The van der Waals surface area contributed by atoms with Crippen LogP contribution in [0.5, 0.6) is 0 Å². The molecule has 206 valence electrons. The minimum absolute atomic E-state index is 0.643. The summed E-state index contributed by atoms with van der Waals surface area (Å²) >= 11 is 0. The Labute approximate surface area is 253 Å². The Morgan fingerprint density at radius 2 is 1.00 bits per heavy atom. The molecule has 0 spiro atoms. The van der Waals surface area contributed by atoms with Crippen LogP contribution in [0, 0.1) is 0 Å². The number of nitrogens with zero attached hydrogens (tertiary/aromatic N) is 3. The fourth-order valence-corrected chi connectivity index (χ4v) is 6.42. The zero-order valence-electron chi connectivity index (χ0n) is 23.7. The van der Waals surface area contributed by atoms with Crippen LogP contribution in [0.15, 0.2) is 156 Å². The number of rotatable bonds is 4. The Kier molecular flexibility index (Phi) is 5.47. The van der Waals surface area contributed by atoms with Crippen LogP contribution in [0.4, 0.5) is 0 Å². The largest absolute Gasteiger partial charge is 0.456 e. The number of fused-ring (bicyclic) bond motifs is 6. The Morgan fingerprint density at radius 3 is 1.77 bits per heavy atom. The number of hydrogen-bond donors (Lipinski definition) is 0. The maximum Gasteiger partial charge on any atom is 0.235 e. The second-order valence-corrected chi connectivity index (χ2v) is 11.0. The summed E-state index contributed by atoms with van der Waals surface area (Å²) in [5.74, 6) is 0.643. The first-order valence-corrected chi connectivity index (χ1v) is 14.8. The highest BCUT2D eigenvalue weighted by molar-refractivity contribution is 6.09. The van der Waals surface area contributed by atoms with Crippen molar-refractivity contribution in [1.29, 1.82) is 0 Å². The molecule has 6 aromatic carbocycles. The first-order valence-electron chi connectivity index (χ1n) is 14.8. The Morgan fingerprint density at radius 1 is 0.409 bits per heavy atom. The van der Waals surface area contributed by atoms with E-state index in [2.05, 4.69) is 138 Å². The summed E-state index contributed by atoms with van der Waals surface area (Å²) < 4.78 is 8.31. The lowest BCUT2D eigenvalue weighted by molar-refractivity contribution is 0.669. The first-order chi connectivity index (χ1) is 21.8. The fourth-order valence-electron chi connectivity index (χ4n) is 6.42. The van der Waals surface area contributed by atoms with Crippen molar-refractivity contribution in [2.24, 2.45) is 0 Å². The molecule has 44 heavy (non-hydrogen) atoms. The summed E-state index contributed by atoms with van der Waals surface area (Å²) in [5, 5.41) is 4.58. The van der Waals surface area contributed by atoms with E-state index in [4.69, 9.17) is 14.4 Å². The average molecular weight is 564 g/mol. The summed E-state index contributed by atoms with van der Waals surface area (Å²) in [6.45, 7) is 0. The molecular weight excluding hydrogens is 538 g/mol. The number of aromatic nitrogens is 3. The number of benzene rings is 6. The second kappa shape index (κ2) is 9.79. The van der Waals surface area contributed by atoms with Crippen LogP contribution in [0.1, 0.15) is 0 Å². The Hall–Kier alpha value is -6.00. The van der Waals surface area contributed by atoms with Gasteiger partial charge >= 0.3 is 0 Å². The molecule has 0 aliphatic carbocycles. The van der Waals surface area contributed by atoms with Crippen molar-refractivity contribution in [2.45, 2.75) is 0 Å². The normalized spacial score (nSPS) is 11.6. The molecule has 9 rings (SSSR count). The van der Waals surface area contributed by atoms with Crippen molar-refractivity contribution < 1.29 is 4.42 Å². The lowest BCUT2D eigenvalue weighted by Gasteiger charge is -2.14. The van der Waals surface area contributed by atoms with Gasteiger partial charge in [-0.3, -0.25) is 4.57 Å². The average Bonchev–Trinajstić information content (AvgIpc) is 3.64. The van der Waals surface area contributed by atoms with Crippen LogP contribution < -0.4 is 0 Å². The lowest BCUT2D eigenvalue weighted by atomic mass is 9.95. The molecule has 0 aliphatic rings. The van der Waals surface area contributed by atoms with E-state index in [1.54, 1.807) is 0 Å². The van der Waals surface area contributed by atoms with Crippen molar-refractivity contribution in [3.8, 4) is 39.6 Å². The van der Waals surface area contributed by atoms with Crippen molar-refractivity contribution in [3.63, 3.8) is 0 Å². The van der Waals surface area contributed by atoms with E-state index in [9.17, 15) is 0 Å². The molecule has 4 heteroatoms. The molecule has 0 bridgehead atoms. The summed E-state index contributed by atoms with van der Waals surface area (Å²) in [6.07, 6.45) is 0. The van der Waals surface area contributed by atoms with Crippen LogP contribution in [-0.2, 0) is 0 Å². The molecule has 0 aliphatic heterocycles. The van der Waals surface area contributed by atoms with Gasteiger partial charge in [-0.25, -0.2) is 9.97 Å². The SMILES string of the molecule is c1ccc(-c2cc(-c3ccccc3-c3ccc4oc5ccccc5c4c3)nc(-n3c4ccccc4c4ccccc43)n2)cc1. The fraction of sp³-hybridized carbons (Fsp3) is 0. The Balaban J connectivity index is 1.31. The standard InChI is InChI=1S/C40H25N3O/c1-2-12-26(13-3-1)34-25-35(42-40(41-34)43-36-19-9-6-16-30(36)31-17-7-10-20-37(31)43)29-15-5-4-14-28(29)27-22-23-39-33(24-27)32-18-8-11-21-38(32)44-39/h1-25H. The van der Waals surface area contributed by atoms with Gasteiger partial charge in [0.15, 0.2) is 0 Å². The highest BCUT2D eigenvalue weighted by Gasteiger charge is 2.18. The van der Waals surface area contributed by atoms with Gasteiger partial charge in [0.05, 0.1) is 22.4 Å². The second-order valence-electron chi connectivity index (χ2n) is 11.0. The molecule has 3 heterocycles. The third-order valence-electron chi connectivity index (χ3n) is 8.45. The summed E-state index contributed by atoms with van der Waals surface area (Å²) in [4.78, 5) is 10.5. The van der Waals surface area contributed by atoms with Crippen molar-refractivity contribution in [3.05, 3.63) is 152 Å². The molecule has 9 aromatic rings. The highest BCUT2D eigenvalue weighted by atomic mass is 16.3. The van der Waals surface area contributed by atoms with E-state index in [1.807, 2.05) is 18.2 Å². The van der Waals surface area contributed by atoms with Crippen LogP contribution in [0.3, 0.4) is 0 Å². The third-order valence-corrected chi connectivity index (χ3v) is 8.45. The number of furan rings is 1. The summed E-state index contributed by atoms with van der Waals surface area (Å²) in [7, 11) is 0. The molecular formula is C40H25N3O. The molecule has 0 N–H and O–H groups in total. The molecule has 4 nitrogen and oxygen atoms in total. The third kappa shape index (κ3) is 3.85. The predicted molar refractivity (Wildman–Crippen MR) is 180 cm³/mol. The van der Waals surface area contributed by atoms with E-state index < -0.39 is 0 Å². The zero-order valence-corrected chi connectivity index (χ0v) is 23.7. The van der Waals surface area contributed by atoms with Gasteiger partial charge in [-0.2, -0.15) is 0 Å². The molecule has 0 fully saturated rings. The smallest absolute Gasteiger partial charge is 0.235 e. The highest BCUT2D eigenvalue weighted by Crippen LogP contribution is 2.38. The van der Waals surface area contributed by atoms with Crippen molar-refractivity contribution >= 4 is 43.7 Å². The maximum absolute atomic E-state index is 6.13. The van der Waals surface area contributed by atoms with Crippen LogP contribution >= 0.6 is 0 Å². The summed E-state index contributed by atoms with van der Waals surface area (Å²) in [6, 6.07) is 52.5. The van der Waals surface area contributed by atoms with E-state index in [-0.39, 0.29) is 0 Å². The van der Waals surface area contributed by atoms with Crippen molar-refractivity contribution in [2.75, 3.05) is 0 Å². The van der Waals surface area contributed by atoms with E-state index >= 15 is 0 Å². The lowest BCUT2D eigenvalue weighted by Crippen LogP contribution is -2.04. The molecule has 3 aromatic heterocycles. The van der Waals surface area contributed by atoms with Crippen LogP contribution in [-0.4, -0.2) is 14.5 Å². The van der Waals surface area contributed by atoms with E-state index in [1.165, 1.54) is 10.8 Å². The van der Waals surface area contributed by atoms with Crippen LogP contribution in [0.2, 0.25) is 0 Å². The minimum Gasteiger partial charge on any atom is -0.456 e. The van der Waals surface area contributed by atoms with Gasteiger partial charge in [-0.1, -0.05) is 115 Å². The topological polar surface area (TPSA) is 43.9 Å². The van der Waals surface area contributed by atoms with Gasteiger partial charge in [0.1, 0.15) is 11.2 Å². The van der Waals surface area contributed by atoms with Crippen molar-refractivity contribution in [1.82, 2.24) is 14.5 Å². The molecule has 0 radical (unpaired) electrons. The zero-order chi connectivity index (χ0) is 29.0. The number of para-hydroxylation sites is 3. The van der Waals surface area contributed by atoms with Gasteiger partial charge in [0.25, 0.3) is 0 Å². The van der Waals surface area contributed by atoms with E-state index in [0.717, 1.165) is 66.6 Å². The molecule has 0 saturated heterocycles. The van der Waals surface area contributed by atoms with E-state index in [0.29, 0.717) is 5.95 Å². The molecule has 0 amide bonds. The number of hydrogen-bond acceptors (Lipinski definition) is 3. The summed E-state index contributed by atoms with van der Waals surface area (Å²) in [5.41, 5.74) is 9.97. The van der Waals surface area contributed by atoms with Gasteiger partial charge in [0, 0.05) is 32.7 Å². The first kappa shape index (κ1) is 24.6. The Bertz CT molecular complexity index is 2450. The van der Waals surface area contributed by atoms with Crippen LogP contribution in [0.25, 0.3) is 83.3 Å². The maximum atomic E-state index is 6.13. The molecule has 0 unspecified atom stereocenters. The van der Waals surface area contributed by atoms with Gasteiger partial charge in [-0.05, 0) is 47.5 Å². The molecule has 0 saturated carbocycles. The monoisotopic (exact) mass is 563 g/mol. The quantitative estimate of drug-likeness (QED) is 0.214. The minimum atomic E-state index is 0.643. The van der Waals surface area contributed by atoms with Gasteiger partial charge < -0.3 is 4.42 Å². The molecule has 0 atom stereocenters. The predicted octanol–water partition coefficient (Wildman–Crippen LogP) is 10.5. The van der Waals surface area contributed by atoms with Gasteiger partial charge in [0.2, 0.25) is 5.95 Å². The van der Waals surface area contributed by atoms with Gasteiger partial charge in [-0.15, -0.1) is 0 Å².